The standard InChI is InChI=1S/C25H20F3N2O2/c26-25(27,28)32-20-7-8-21-18(14-20)6-9-23(24(21)31)30-13-11-22-19(16-30)10-12-29(22)15-17-4-2-1-3-5-17/h1-5,7-8,10-14,16,23H,6,9,15H2/q+1. The first-order valence-electron chi connectivity index (χ1n) is 10.3. The van der Waals surface area contributed by atoms with Crippen LogP contribution in [0, 0.1) is 0 Å². The van der Waals surface area contributed by atoms with Gasteiger partial charge in [0.1, 0.15) is 5.75 Å². The lowest BCUT2D eigenvalue weighted by molar-refractivity contribution is -0.707. The highest BCUT2D eigenvalue weighted by Crippen LogP contribution is 2.31. The first-order valence-corrected chi connectivity index (χ1v) is 10.3. The Bertz CT molecular complexity index is 1300. The summed E-state index contributed by atoms with van der Waals surface area (Å²) in [5.74, 6) is -0.394. The monoisotopic (exact) mass is 437 g/mol. The van der Waals surface area contributed by atoms with E-state index in [-0.39, 0.29) is 11.5 Å². The molecule has 4 nitrogen and oxygen atoms in total. The number of carbonyl (C=O) groups excluding carboxylic acids is 1. The van der Waals surface area contributed by atoms with Crippen LogP contribution >= 0.6 is 0 Å². The van der Waals surface area contributed by atoms with Crippen molar-refractivity contribution in [1.82, 2.24) is 4.57 Å². The molecule has 4 aromatic rings. The van der Waals surface area contributed by atoms with Crippen LogP contribution in [0.1, 0.15) is 33.9 Å². The van der Waals surface area contributed by atoms with Crippen LogP contribution in [0.25, 0.3) is 10.9 Å². The van der Waals surface area contributed by atoms with Gasteiger partial charge in [-0.3, -0.25) is 4.79 Å². The number of ketones is 1. The molecule has 1 unspecified atom stereocenters. The second kappa shape index (κ2) is 7.82. The minimum Gasteiger partial charge on any atom is -0.406 e. The smallest absolute Gasteiger partial charge is 0.406 e. The Morgan fingerprint density at radius 1 is 1.06 bits per heavy atom. The maximum Gasteiger partial charge on any atom is 0.573 e. The summed E-state index contributed by atoms with van der Waals surface area (Å²) in [5, 5.41) is 1.02. The summed E-state index contributed by atoms with van der Waals surface area (Å²) < 4.78 is 45.5. The highest BCUT2D eigenvalue weighted by atomic mass is 19.4. The van der Waals surface area contributed by atoms with E-state index in [0.29, 0.717) is 24.0 Å². The Balaban J connectivity index is 1.39. The fraction of sp³-hybridized carbons (Fsp3) is 0.200. The van der Waals surface area contributed by atoms with Gasteiger partial charge in [-0.05, 0) is 41.8 Å². The molecule has 5 rings (SSSR count). The summed E-state index contributed by atoms with van der Waals surface area (Å²) in [4.78, 5) is 13.1. The largest absolute Gasteiger partial charge is 0.573 e. The van der Waals surface area contributed by atoms with E-state index < -0.39 is 12.4 Å². The average Bonchev–Trinajstić information content (AvgIpc) is 3.15. The molecular formula is C25H20F3N2O2+. The summed E-state index contributed by atoms with van der Waals surface area (Å²) in [6.07, 6.45) is 2.16. The van der Waals surface area contributed by atoms with Gasteiger partial charge in [0.15, 0.2) is 12.4 Å². The topological polar surface area (TPSA) is 35.1 Å². The first-order chi connectivity index (χ1) is 15.4. The molecule has 1 aliphatic rings. The summed E-state index contributed by atoms with van der Waals surface area (Å²) in [6.45, 7) is 0.756. The third kappa shape index (κ3) is 3.98. The molecule has 0 radical (unpaired) electrons. The number of alkyl halides is 3. The number of halogens is 3. The molecule has 2 heterocycles. The van der Waals surface area contributed by atoms with Crippen LogP contribution in [0.3, 0.4) is 0 Å². The van der Waals surface area contributed by atoms with E-state index in [2.05, 4.69) is 21.4 Å². The fourth-order valence-electron chi connectivity index (χ4n) is 4.38. The number of Topliss-reactive ketones (excluding diaryl/α,β-unsaturated/α-hetero) is 1. The average molecular weight is 437 g/mol. The van der Waals surface area contributed by atoms with Crippen molar-refractivity contribution in [3.05, 3.63) is 95.9 Å². The number of aromatic nitrogens is 2. The predicted octanol–water partition coefficient (Wildman–Crippen LogP) is 5.25. The predicted molar refractivity (Wildman–Crippen MR) is 112 cm³/mol. The van der Waals surface area contributed by atoms with Crippen LogP contribution in [-0.4, -0.2) is 16.7 Å². The van der Waals surface area contributed by atoms with E-state index in [4.69, 9.17) is 0 Å². The molecule has 0 N–H and O–H groups in total. The molecule has 0 amide bonds. The van der Waals surface area contributed by atoms with Crippen molar-refractivity contribution in [3.63, 3.8) is 0 Å². The zero-order valence-electron chi connectivity index (χ0n) is 17.0. The van der Waals surface area contributed by atoms with Gasteiger partial charge in [0, 0.05) is 30.8 Å². The summed E-state index contributed by atoms with van der Waals surface area (Å²) >= 11 is 0. The van der Waals surface area contributed by atoms with Crippen molar-refractivity contribution in [1.29, 1.82) is 0 Å². The normalized spacial score (nSPS) is 16.2. The second-order valence-corrected chi connectivity index (χ2v) is 7.95. The zero-order valence-corrected chi connectivity index (χ0v) is 17.0. The molecular weight excluding hydrogens is 417 g/mol. The highest BCUT2D eigenvalue weighted by Gasteiger charge is 2.36. The summed E-state index contributed by atoms with van der Waals surface area (Å²) in [7, 11) is 0. The van der Waals surface area contributed by atoms with E-state index >= 15 is 0 Å². The van der Waals surface area contributed by atoms with Crippen molar-refractivity contribution in [3.8, 4) is 5.75 Å². The third-order valence-corrected chi connectivity index (χ3v) is 5.85. The molecule has 32 heavy (non-hydrogen) atoms. The van der Waals surface area contributed by atoms with E-state index in [9.17, 15) is 18.0 Å². The molecule has 2 aromatic heterocycles. The molecule has 7 heteroatoms. The van der Waals surface area contributed by atoms with Gasteiger partial charge in [-0.15, -0.1) is 13.2 Å². The van der Waals surface area contributed by atoms with Crippen LogP contribution in [0.2, 0.25) is 0 Å². The maximum absolute atomic E-state index is 13.1. The van der Waals surface area contributed by atoms with Crippen molar-refractivity contribution < 1.29 is 27.3 Å². The molecule has 0 fully saturated rings. The number of rotatable bonds is 4. The number of pyridine rings is 1. The van der Waals surface area contributed by atoms with Crippen LogP contribution in [-0.2, 0) is 13.0 Å². The number of nitrogens with zero attached hydrogens (tertiary/aromatic N) is 2. The van der Waals surface area contributed by atoms with Gasteiger partial charge >= 0.3 is 6.36 Å². The molecule has 0 aliphatic heterocycles. The Kier molecular flexibility index (Phi) is 4.96. The van der Waals surface area contributed by atoms with Crippen LogP contribution in [0.4, 0.5) is 13.2 Å². The van der Waals surface area contributed by atoms with Crippen LogP contribution < -0.4 is 9.30 Å². The Labute approximate surface area is 182 Å². The maximum atomic E-state index is 13.1. The molecule has 1 atom stereocenters. The fourth-order valence-corrected chi connectivity index (χ4v) is 4.38. The van der Waals surface area contributed by atoms with Gasteiger partial charge in [-0.25, -0.2) is 0 Å². The van der Waals surface area contributed by atoms with Crippen molar-refractivity contribution in [2.24, 2.45) is 0 Å². The Hall–Kier alpha value is -3.61. The molecule has 0 saturated carbocycles. The van der Waals surface area contributed by atoms with Gasteiger partial charge in [-0.1, -0.05) is 30.3 Å². The molecule has 0 bridgehead atoms. The van der Waals surface area contributed by atoms with E-state index in [1.807, 2.05) is 53.5 Å². The number of fused-ring (bicyclic) bond motifs is 2. The zero-order chi connectivity index (χ0) is 22.3. The number of hydrogen-bond donors (Lipinski definition) is 0. The van der Waals surface area contributed by atoms with Crippen molar-refractivity contribution in [2.75, 3.05) is 0 Å². The molecule has 0 spiro atoms. The van der Waals surface area contributed by atoms with Crippen LogP contribution in [0.5, 0.6) is 5.75 Å². The summed E-state index contributed by atoms with van der Waals surface area (Å²) in [5.41, 5.74) is 3.31. The number of carbonyl (C=O) groups is 1. The molecule has 162 valence electrons. The highest BCUT2D eigenvalue weighted by molar-refractivity contribution is 6.00. The van der Waals surface area contributed by atoms with Crippen molar-refractivity contribution >= 4 is 16.7 Å². The van der Waals surface area contributed by atoms with Gasteiger partial charge in [0.25, 0.3) is 0 Å². The minimum absolute atomic E-state index is 0.0992. The first kappa shape index (κ1) is 20.3. The third-order valence-electron chi connectivity index (χ3n) is 5.85. The van der Waals surface area contributed by atoms with Gasteiger partial charge < -0.3 is 9.30 Å². The molecule has 2 aromatic carbocycles. The second-order valence-electron chi connectivity index (χ2n) is 7.95. The number of aryl methyl sites for hydroxylation is 1. The van der Waals surface area contributed by atoms with Gasteiger partial charge in [-0.2, -0.15) is 4.57 Å². The van der Waals surface area contributed by atoms with Gasteiger partial charge in [0.2, 0.25) is 11.8 Å². The van der Waals surface area contributed by atoms with Crippen molar-refractivity contribution in [2.45, 2.75) is 31.8 Å². The lowest BCUT2D eigenvalue weighted by atomic mass is 9.86. The number of benzene rings is 2. The Morgan fingerprint density at radius 3 is 2.66 bits per heavy atom. The summed E-state index contributed by atoms with van der Waals surface area (Å²) in [6, 6.07) is 17.8. The van der Waals surface area contributed by atoms with Gasteiger partial charge in [0.05, 0.1) is 10.9 Å². The van der Waals surface area contributed by atoms with E-state index in [1.54, 1.807) is 0 Å². The van der Waals surface area contributed by atoms with Crippen LogP contribution in [0.15, 0.2) is 79.3 Å². The lowest BCUT2D eigenvalue weighted by Crippen LogP contribution is -2.45. The minimum atomic E-state index is -4.75. The SMILES string of the molecule is O=C1c2ccc(OC(F)(F)F)cc2CCC1[n+]1ccc2c(ccn2Cc2ccccc2)c1. The number of hydrogen-bond acceptors (Lipinski definition) is 2. The van der Waals surface area contributed by atoms with E-state index in [1.165, 1.54) is 23.8 Å². The molecule has 1 aliphatic carbocycles. The molecule has 0 saturated heterocycles. The quantitative estimate of drug-likeness (QED) is 0.409. The van der Waals surface area contributed by atoms with E-state index in [0.717, 1.165) is 17.4 Å². The lowest BCUT2D eigenvalue weighted by Gasteiger charge is -2.21. The number of ether oxygens (including phenoxy) is 1. The Morgan fingerprint density at radius 2 is 1.88 bits per heavy atom.